The van der Waals surface area contributed by atoms with E-state index in [9.17, 15) is 18.0 Å². The summed E-state index contributed by atoms with van der Waals surface area (Å²) in [5.74, 6) is 9.43. The average Bonchev–Trinajstić information content (AvgIpc) is 2.92. The molecular formula is C27H35Cl2N7O4S. The number of hydrogen-bond donors (Lipinski definition) is 5. The largest absolute Gasteiger partial charge is 0.346 e. The molecule has 0 bridgehead atoms. The van der Waals surface area contributed by atoms with E-state index in [1.807, 2.05) is 0 Å². The van der Waals surface area contributed by atoms with Crippen LogP contribution in [0.15, 0.2) is 47.6 Å². The van der Waals surface area contributed by atoms with Gasteiger partial charge in [0.05, 0.1) is 24.3 Å². The van der Waals surface area contributed by atoms with Crippen molar-refractivity contribution in [1.82, 2.24) is 20.4 Å². The molecule has 5 atom stereocenters. The quantitative estimate of drug-likeness (QED) is 0.130. The second-order valence-corrected chi connectivity index (χ2v) is 13.2. The summed E-state index contributed by atoms with van der Waals surface area (Å²) in [6.07, 6.45) is 4.20. The smallest absolute Gasteiger partial charge is 0.254 e. The van der Waals surface area contributed by atoms with E-state index in [0.29, 0.717) is 39.6 Å². The summed E-state index contributed by atoms with van der Waals surface area (Å²) >= 11 is 13.0. The summed E-state index contributed by atoms with van der Waals surface area (Å²) in [6, 6.07) is 10.1. The minimum atomic E-state index is -3.46. The van der Waals surface area contributed by atoms with E-state index in [4.69, 9.17) is 34.9 Å². The van der Waals surface area contributed by atoms with Crippen LogP contribution in [0.1, 0.15) is 66.1 Å². The van der Waals surface area contributed by atoms with Crippen molar-refractivity contribution >= 4 is 50.9 Å². The van der Waals surface area contributed by atoms with Gasteiger partial charge in [-0.05, 0) is 55.0 Å². The van der Waals surface area contributed by atoms with Crippen molar-refractivity contribution in [1.29, 1.82) is 0 Å². The van der Waals surface area contributed by atoms with Gasteiger partial charge in [-0.15, -0.1) is 0 Å². The standard InChI is InChI=1S/C27H35Cl2N7O4S/c1-15(25(34-30)35-31)33-26(37)23-18-8-4-5-9-19(18)27(38)36(24(23)20-12-11-17(28)13-21(20)29)22-10-6-3-7-16(22)14-32-41(2,39)40/h4-5,8-9,11-13,15-16,22-24,32H,3,6-7,10,14,30-31H2,1-2H3,(H,33,37)(H,34,35)/t15?,16-,22?,23-,24+/m1/s1. The number of hydrogen-bond acceptors (Lipinski definition) is 7. The van der Waals surface area contributed by atoms with Crippen LogP contribution >= 0.6 is 23.2 Å². The van der Waals surface area contributed by atoms with Crippen molar-refractivity contribution < 1.29 is 18.0 Å². The number of nitrogens with one attached hydrogen (secondary N) is 3. The maximum Gasteiger partial charge on any atom is 0.254 e. The van der Waals surface area contributed by atoms with Crippen LogP contribution < -0.4 is 27.2 Å². The lowest BCUT2D eigenvalue weighted by Crippen LogP contribution is -2.57. The number of amides is 2. The first kappa shape index (κ1) is 31.0. The van der Waals surface area contributed by atoms with Gasteiger partial charge in [0.15, 0.2) is 5.84 Å². The van der Waals surface area contributed by atoms with Crippen molar-refractivity contribution in [3.63, 3.8) is 0 Å². The summed E-state index contributed by atoms with van der Waals surface area (Å²) in [5, 5.41) is 7.25. The van der Waals surface area contributed by atoms with Gasteiger partial charge in [0.25, 0.3) is 5.91 Å². The summed E-state index contributed by atoms with van der Waals surface area (Å²) in [7, 11) is -3.46. The molecule has 1 saturated carbocycles. The molecule has 2 aromatic rings. The predicted octanol–water partition coefficient (Wildman–Crippen LogP) is 2.62. The average molecular weight is 625 g/mol. The van der Waals surface area contributed by atoms with E-state index in [2.05, 4.69) is 20.6 Å². The molecule has 1 fully saturated rings. The first-order chi connectivity index (χ1) is 19.5. The second kappa shape index (κ2) is 13.0. The van der Waals surface area contributed by atoms with Crippen LogP contribution in [0.3, 0.4) is 0 Å². The molecule has 7 N–H and O–H groups in total. The number of amidine groups is 1. The lowest BCUT2D eigenvalue weighted by atomic mass is 9.75. The molecule has 222 valence electrons. The van der Waals surface area contributed by atoms with Gasteiger partial charge in [0, 0.05) is 28.2 Å². The van der Waals surface area contributed by atoms with Crippen LogP contribution in [0.4, 0.5) is 0 Å². The third kappa shape index (κ3) is 6.78. The first-order valence-electron chi connectivity index (χ1n) is 13.3. The van der Waals surface area contributed by atoms with E-state index in [1.165, 1.54) is 0 Å². The highest BCUT2D eigenvalue weighted by Gasteiger charge is 2.49. The number of carbonyl (C=O) groups excluding carboxylic acids is 2. The minimum Gasteiger partial charge on any atom is -0.346 e. The number of hydrazone groups is 1. The molecule has 1 aliphatic heterocycles. The van der Waals surface area contributed by atoms with E-state index in [-0.39, 0.29) is 30.2 Å². The highest BCUT2D eigenvalue weighted by atomic mass is 35.5. The molecule has 1 aliphatic carbocycles. The van der Waals surface area contributed by atoms with E-state index in [1.54, 1.807) is 54.3 Å². The molecule has 2 unspecified atom stereocenters. The molecule has 0 saturated heterocycles. The summed E-state index contributed by atoms with van der Waals surface area (Å²) < 4.78 is 26.6. The number of sulfonamides is 1. The Kier molecular flexibility index (Phi) is 9.81. The number of hydrazine groups is 1. The Morgan fingerprint density at radius 1 is 1.15 bits per heavy atom. The number of benzene rings is 2. The molecule has 4 rings (SSSR count). The molecule has 2 aromatic carbocycles. The number of fused-ring (bicyclic) bond motifs is 1. The molecule has 0 radical (unpaired) electrons. The van der Waals surface area contributed by atoms with Crippen LogP contribution in [0.2, 0.25) is 10.0 Å². The number of carbonyl (C=O) groups is 2. The van der Waals surface area contributed by atoms with Gasteiger partial charge in [-0.3, -0.25) is 9.59 Å². The van der Waals surface area contributed by atoms with Crippen LogP contribution in [-0.2, 0) is 14.8 Å². The Morgan fingerprint density at radius 3 is 2.51 bits per heavy atom. The van der Waals surface area contributed by atoms with Gasteiger partial charge in [-0.2, -0.15) is 5.10 Å². The zero-order valence-electron chi connectivity index (χ0n) is 22.8. The van der Waals surface area contributed by atoms with E-state index in [0.717, 1.165) is 19.1 Å². The van der Waals surface area contributed by atoms with Crippen molar-refractivity contribution in [3.8, 4) is 0 Å². The lowest BCUT2D eigenvalue weighted by Gasteiger charge is -2.49. The van der Waals surface area contributed by atoms with E-state index >= 15 is 0 Å². The van der Waals surface area contributed by atoms with Crippen LogP contribution in [-0.4, -0.2) is 55.9 Å². The lowest BCUT2D eigenvalue weighted by molar-refractivity contribution is -0.125. The molecule has 11 nitrogen and oxygen atoms in total. The SMILES string of the molecule is CC(NC(=O)[C@@H]1c2ccccc2C(=O)N(C2CCCC[C@@H]2CNS(C)(=O)=O)[C@H]1c1ccc(Cl)cc1Cl)/C(=N/N)NN. The third-order valence-corrected chi connectivity index (χ3v) is 9.08. The fraction of sp³-hybridized carbons (Fsp3) is 0.444. The maximum absolute atomic E-state index is 14.3. The Morgan fingerprint density at radius 2 is 1.85 bits per heavy atom. The molecular weight excluding hydrogens is 589 g/mol. The van der Waals surface area contributed by atoms with Gasteiger partial charge < -0.3 is 21.5 Å². The van der Waals surface area contributed by atoms with Gasteiger partial charge in [-0.1, -0.05) is 60.3 Å². The highest BCUT2D eigenvalue weighted by Crippen LogP contribution is 2.48. The molecule has 0 aromatic heterocycles. The molecule has 41 heavy (non-hydrogen) atoms. The second-order valence-electron chi connectivity index (χ2n) is 10.5. The third-order valence-electron chi connectivity index (χ3n) is 7.83. The van der Waals surface area contributed by atoms with Gasteiger partial charge in [-0.25, -0.2) is 19.0 Å². The molecule has 1 heterocycles. The minimum absolute atomic E-state index is 0.163. The zero-order valence-corrected chi connectivity index (χ0v) is 25.1. The van der Waals surface area contributed by atoms with E-state index < -0.39 is 33.9 Å². The number of rotatable bonds is 8. The zero-order chi connectivity index (χ0) is 29.9. The highest BCUT2D eigenvalue weighted by molar-refractivity contribution is 7.88. The Hall–Kier alpha value is -2.90. The maximum atomic E-state index is 14.3. The Balaban J connectivity index is 1.89. The monoisotopic (exact) mass is 623 g/mol. The predicted molar refractivity (Wildman–Crippen MR) is 160 cm³/mol. The first-order valence-corrected chi connectivity index (χ1v) is 16.0. The molecule has 2 amide bonds. The van der Waals surface area contributed by atoms with Gasteiger partial charge in [0.2, 0.25) is 15.9 Å². The molecule has 0 spiro atoms. The van der Waals surface area contributed by atoms with Crippen molar-refractivity contribution in [2.24, 2.45) is 22.7 Å². The number of halogens is 2. The van der Waals surface area contributed by atoms with Gasteiger partial charge in [0.1, 0.15) is 0 Å². The molecule has 14 heteroatoms. The topological polar surface area (TPSA) is 172 Å². The Labute approximate surface area is 250 Å². The fourth-order valence-electron chi connectivity index (χ4n) is 5.97. The van der Waals surface area contributed by atoms with Crippen LogP contribution in [0.5, 0.6) is 0 Å². The number of nitrogens with zero attached hydrogens (tertiary/aromatic N) is 2. The van der Waals surface area contributed by atoms with Crippen LogP contribution in [0, 0.1) is 5.92 Å². The summed E-state index contributed by atoms with van der Waals surface area (Å²) in [4.78, 5) is 30.2. The van der Waals surface area contributed by atoms with Crippen molar-refractivity contribution in [2.75, 3.05) is 12.8 Å². The normalized spacial score (nSPS) is 24.0. The summed E-state index contributed by atoms with van der Waals surface area (Å²) in [5.41, 5.74) is 3.88. The fourth-order valence-corrected chi connectivity index (χ4v) is 7.00. The summed E-state index contributed by atoms with van der Waals surface area (Å²) in [6.45, 7) is 1.85. The van der Waals surface area contributed by atoms with Gasteiger partial charge >= 0.3 is 0 Å². The Bertz CT molecular complexity index is 1440. The molecule has 2 aliphatic rings. The van der Waals surface area contributed by atoms with Crippen LogP contribution in [0.25, 0.3) is 0 Å². The van der Waals surface area contributed by atoms with Crippen molar-refractivity contribution in [2.45, 2.75) is 56.7 Å². The van der Waals surface area contributed by atoms with Crippen molar-refractivity contribution in [3.05, 3.63) is 69.2 Å². The number of nitrogens with two attached hydrogens (primary N) is 2.